The Balaban J connectivity index is 1.58. The molecule has 1 fully saturated rings. The summed E-state index contributed by atoms with van der Waals surface area (Å²) >= 11 is 0. The van der Waals surface area contributed by atoms with Gasteiger partial charge in [-0.05, 0) is 42.5 Å². The third-order valence-corrected chi connectivity index (χ3v) is 6.12. The van der Waals surface area contributed by atoms with Gasteiger partial charge in [-0.1, -0.05) is 11.2 Å². The number of nitrogens with zero attached hydrogens (tertiary/aromatic N) is 2. The molecule has 30 heavy (non-hydrogen) atoms. The monoisotopic (exact) mass is 436 g/mol. The summed E-state index contributed by atoms with van der Waals surface area (Å²) < 4.78 is 44.8. The van der Waals surface area contributed by atoms with Crippen molar-refractivity contribution in [3.05, 3.63) is 59.9 Å². The van der Waals surface area contributed by atoms with Gasteiger partial charge in [0.2, 0.25) is 10.0 Å². The number of nitrogens with two attached hydrogens (primary N) is 1. The van der Waals surface area contributed by atoms with Crippen molar-refractivity contribution in [2.24, 2.45) is 10.9 Å². The number of hydrogen-bond acceptors (Lipinski definition) is 6. The molecular weight excluding hydrogens is 415 g/mol. The van der Waals surface area contributed by atoms with Gasteiger partial charge in [0.15, 0.2) is 12.4 Å². The first-order valence-electron chi connectivity index (χ1n) is 9.05. The van der Waals surface area contributed by atoms with Crippen LogP contribution in [0, 0.1) is 5.82 Å². The van der Waals surface area contributed by atoms with E-state index in [4.69, 9.17) is 15.3 Å². The van der Waals surface area contributed by atoms with Crippen molar-refractivity contribution in [2.75, 3.05) is 38.2 Å². The van der Waals surface area contributed by atoms with Crippen molar-refractivity contribution >= 4 is 27.5 Å². The van der Waals surface area contributed by atoms with Crippen LogP contribution < -0.4 is 11.1 Å². The van der Waals surface area contributed by atoms with Crippen molar-refractivity contribution in [2.45, 2.75) is 4.90 Å². The summed E-state index contributed by atoms with van der Waals surface area (Å²) in [5.74, 6) is -0.974. The minimum Gasteiger partial charge on any atom is -0.384 e. The summed E-state index contributed by atoms with van der Waals surface area (Å²) in [5, 5.41) is 6.17. The summed E-state index contributed by atoms with van der Waals surface area (Å²) in [4.78, 5) is 17.1. The highest BCUT2D eigenvalue weighted by atomic mass is 32.2. The zero-order valence-corrected chi connectivity index (χ0v) is 16.8. The molecule has 1 amide bonds. The second-order valence-corrected chi connectivity index (χ2v) is 8.29. The van der Waals surface area contributed by atoms with E-state index < -0.39 is 28.4 Å². The van der Waals surface area contributed by atoms with E-state index in [1.807, 2.05) is 0 Å². The van der Waals surface area contributed by atoms with Crippen LogP contribution in [0.1, 0.15) is 5.56 Å². The molecule has 1 aliphatic rings. The Kier molecular flexibility index (Phi) is 6.98. The van der Waals surface area contributed by atoms with Crippen molar-refractivity contribution in [3.63, 3.8) is 0 Å². The largest absolute Gasteiger partial charge is 0.384 e. The molecule has 0 bridgehead atoms. The fourth-order valence-electron chi connectivity index (χ4n) is 2.70. The number of ether oxygens (including phenoxy) is 1. The van der Waals surface area contributed by atoms with Gasteiger partial charge >= 0.3 is 0 Å². The van der Waals surface area contributed by atoms with Crippen LogP contribution in [0.25, 0.3) is 0 Å². The lowest BCUT2D eigenvalue weighted by atomic mass is 10.2. The topological polar surface area (TPSA) is 123 Å². The van der Waals surface area contributed by atoms with Gasteiger partial charge < -0.3 is 20.6 Å². The number of sulfonamides is 1. The van der Waals surface area contributed by atoms with Crippen LogP contribution in [0.5, 0.6) is 0 Å². The molecule has 1 aliphatic heterocycles. The minimum atomic E-state index is -3.68. The summed E-state index contributed by atoms with van der Waals surface area (Å²) in [5.41, 5.74) is 6.45. The third-order valence-electron chi connectivity index (χ3n) is 4.22. The Labute approximate surface area is 173 Å². The number of hydrogen-bond donors (Lipinski definition) is 2. The predicted octanol–water partition coefficient (Wildman–Crippen LogP) is 1.12. The third kappa shape index (κ3) is 5.53. The van der Waals surface area contributed by atoms with Crippen molar-refractivity contribution in [1.29, 1.82) is 0 Å². The van der Waals surface area contributed by atoms with Crippen LogP contribution >= 0.6 is 0 Å². The van der Waals surface area contributed by atoms with Crippen LogP contribution in [-0.2, 0) is 24.4 Å². The SMILES string of the molecule is N/C(=N/OCC(=O)Nc1cccc(S(=O)(=O)N2CCOCC2)c1)c1ccc(F)cc1. The van der Waals surface area contributed by atoms with Gasteiger partial charge in [-0.2, -0.15) is 4.31 Å². The molecule has 3 rings (SSSR count). The zero-order valence-electron chi connectivity index (χ0n) is 16.0. The number of benzene rings is 2. The molecule has 0 aliphatic carbocycles. The average Bonchev–Trinajstić information content (AvgIpc) is 2.75. The molecular formula is C19H21FN4O5S. The summed E-state index contributed by atoms with van der Waals surface area (Å²) in [6.45, 7) is 0.798. The zero-order chi connectivity index (χ0) is 21.6. The molecule has 3 N–H and O–H groups in total. The Morgan fingerprint density at radius 3 is 2.60 bits per heavy atom. The van der Waals surface area contributed by atoms with Gasteiger partial charge in [0.1, 0.15) is 5.82 Å². The Bertz CT molecular complexity index is 1020. The van der Waals surface area contributed by atoms with E-state index in [1.165, 1.54) is 46.8 Å². The molecule has 0 aromatic heterocycles. The van der Waals surface area contributed by atoms with Crippen LogP contribution in [0.15, 0.2) is 58.6 Å². The van der Waals surface area contributed by atoms with Gasteiger partial charge in [0.05, 0.1) is 18.1 Å². The standard InChI is InChI=1S/C19H21FN4O5S/c20-15-6-4-14(5-7-15)19(21)23-29-13-18(25)22-16-2-1-3-17(12-16)30(26,27)24-8-10-28-11-9-24/h1-7,12H,8-11,13H2,(H2,21,23)(H,22,25). The number of anilines is 1. The highest BCUT2D eigenvalue weighted by Crippen LogP contribution is 2.20. The second-order valence-electron chi connectivity index (χ2n) is 6.35. The van der Waals surface area contributed by atoms with E-state index in [9.17, 15) is 17.6 Å². The summed E-state index contributed by atoms with van der Waals surface area (Å²) in [7, 11) is -3.68. The number of carbonyl (C=O) groups is 1. The molecule has 160 valence electrons. The Morgan fingerprint density at radius 1 is 1.20 bits per heavy atom. The normalized spacial score (nSPS) is 15.6. The number of halogens is 1. The Morgan fingerprint density at radius 2 is 1.90 bits per heavy atom. The molecule has 0 saturated carbocycles. The molecule has 2 aromatic carbocycles. The first kappa shape index (κ1) is 21.7. The Hall–Kier alpha value is -3.02. The number of oxime groups is 1. The van der Waals surface area contributed by atoms with Crippen LogP contribution in [0.3, 0.4) is 0 Å². The smallest absolute Gasteiger partial charge is 0.265 e. The van der Waals surface area contributed by atoms with Crippen LogP contribution in [-0.4, -0.2) is 57.4 Å². The van der Waals surface area contributed by atoms with Gasteiger partial charge in [-0.15, -0.1) is 0 Å². The summed E-state index contributed by atoms with van der Waals surface area (Å²) in [6, 6.07) is 11.2. The quantitative estimate of drug-likeness (QED) is 0.381. The lowest BCUT2D eigenvalue weighted by Gasteiger charge is -2.26. The van der Waals surface area contributed by atoms with E-state index in [-0.39, 0.29) is 23.8 Å². The van der Waals surface area contributed by atoms with E-state index in [0.29, 0.717) is 24.5 Å². The van der Waals surface area contributed by atoms with Gasteiger partial charge in [-0.3, -0.25) is 4.79 Å². The van der Waals surface area contributed by atoms with Gasteiger partial charge in [0, 0.05) is 24.3 Å². The molecule has 11 heteroatoms. The summed E-state index contributed by atoms with van der Waals surface area (Å²) in [6.07, 6.45) is 0. The van der Waals surface area contributed by atoms with Crippen molar-refractivity contribution in [3.8, 4) is 0 Å². The molecule has 0 radical (unpaired) electrons. The highest BCUT2D eigenvalue weighted by Gasteiger charge is 2.26. The molecule has 0 unspecified atom stereocenters. The lowest BCUT2D eigenvalue weighted by Crippen LogP contribution is -2.40. The maximum atomic E-state index is 12.9. The number of rotatable bonds is 7. The second kappa shape index (κ2) is 9.65. The molecule has 9 nitrogen and oxygen atoms in total. The van der Waals surface area contributed by atoms with Gasteiger partial charge in [0.25, 0.3) is 5.91 Å². The number of amidine groups is 1. The van der Waals surface area contributed by atoms with Crippen LogP contribution in [0.4, 0.5) is 10.1 Å². The molecule has 1 heterocycles. The van der Waals surface area contributed by atoms with Gasteiger partial charge in [-0.25, -0.2) is 12.8 Å². The first-order valence-corrected chi connectivity index (χ1v) is 10.5. The van der Waals surface area contributed by atoms with E-state index >= 15 is 0 Å². The number of carbonyl (C=O) groups excluding carboxylic acids is 1. The van der Waals surface area contributed by atoms with E-state index in [1.54, 1.807) is 6.07 Å². The molecule has 1 saturated heterocycles. The fraction of sp³-hybridized carbons (Fsp3) is 0.263. The van der Waals surface area contributed by atoms with E-state index in [0.717, 1.165) is 0 Å². The maximum Gasteiger partial charge on any atom is 0.265 e. The maximum absolute atomic E-state index is 12.9. The molecule has 2 aromatic rings. The first-order chi connectivity index (χ1) is 14.4. The van der Waals surface area contributed by atoms with Crippen LogP contribution in [0.2, 0.25) is 0 Å². The van der Waals surface area contributed by atoms with Crippen molar-refractivity contribution < 1.29 is 27.2 Å². The minimum absolute atomic E-state index is 0.0126. The fourth-order valence-corrected chi connectivity index (χ4v) is 4.16. The highest BCUT2D eigenvalue weighted by molar-refractivity contribution is 7.89. The van der Waals surface area contributed by atoms with E-state index in [2.05, 4.69) is 10.5 Å². The lowest BCUT2D eigenvalue weighted by molar-refractivity contribution is -0.120. The number of morpholine rings is 1. The number of nitrogens with one attached hydrogen (secondary N) is 1. The van der Waals surface area contributed by atoms with Crippen molar-refractivity contribution in [1.82, 2.24) is 4.31 Å². The average molecular weight is 436 g/mol. The molecule has 0 spiro atoms. The molecule has 0 atom stereocenters. The number of amides is 1. The predicted molar refractivity (Wildman–Crippen MR) is 108 cm³/mol.